The maximum absolute atomic E-state index is 11.2. The summed E-state index contributed by atoms with van der Waals surface area (Å²) in [6.07, 6.45) is 0. The summed E-state index contributed by atoms with van der Waals surface area (Å²) in [5, 5.41) is 12.6. The Morgan fingerprint density at radius 3 is 2.56 bits per heavy atom. The monoisotopic (exact) mass is 335 g/mol. The minimum atomic E-state index is -0.243. The van der Waals surface area contributed by atoms with Crippen LogP contribution in [0.2, 0.25) is 0 Å². The van der Waals surface area contributed by atoms with Crippen LogP contribution in [0.25, 0.3) is 0 Å². The molecular formula is C20H21N3O2. The zero-order valence-corrected chi connectivity index (χ0v) is 14.6. The molecule has 0 bridgehead atoms. The van der Waals surface area contributed by atoms with Crippen molar-refractivity contribution < 1.29 is 9.53 Å². The fourth-order valence-corrected chi connectivity index (χ4v) is 3.51. The van der Waals surface area contributed by atoms with Crippen molar-refractivity contribution in [1.82, 2.24) is 0 Å². The van der Waals surface area contributed by atoms with Crippen LogP contribution < -0.4 is 15.0 Å². The van der Waals surface area contributed by atoms with Gasteiger partial charge in [0.1, 0.15) is 5.75 Å². The highest BCUT2D eigenvalue weighted by Gasteiger charge is 2.39. The average Bonchev–Trinajstić information content (AvgIpc) is 2.94. The zero-order valence-electron chi connectivity index (χ0n) is 14.6. The molecule has 1 aliphatic heterocycles. The van der Waals surface area contributed by atoms with Crippen LogP contribution in [-0.4, -0.2) is 19.6 Å². The molecule has 1 heterocycles. The van der Waals surface area contributed by atoms with Crippen LogP contribution in [0.5, 0.6) is 5.75 Å². The number of hydrogen-bond donors (Lipinski definition) is 1. The van der Waals surface area contributed by atoms with E-state index in [4.69, 9.17) is 4.74 Å². The maximum Gasteiger partial charge on any atom is 0.221 e. The van der Waals surface area contributed by atoms with Crippen LogP contribution in [0.15, 0.2) is 42.5 Å². The molecule has 0 aliphatic carbocycles. The van der Waals surface area contributed by atoms with Gasteiger partial charge in [0.25, 0.3) is 0 Å². The van der Waals surface area contributed by atoms with Crippen molar-refractivity contribution in [3.63, 3.8) is 0 Å². The fourth-order valence-electron chi connectivity index (χ4n) is 3.51. The highest BCUT2D eigenvalue weighted by molar-refractivity contribution is 5.88. The molecule has 0 saturated heterocycles. The minimum Gasteiger partial charge on any atom is -0.497 e. The molecule has 0 spiro atoms. The number of likely N-dealkylation sites (N-methyl/N-ethyl adjacent to an activating group) is 1. The van der Waals surface area contributed by atoms with Crippen LogP contribution >= 0.6 is 0 Å². The van der Waals surface area contributed by atoms with Crippen molar-refractivity contribution in [3.8, 4) is 11.8 Å². The Balaban J connectivity index is 2.00. The smallest absolute Gasteiger partial charge is 0.221 e. The van der Waals surface area contributed by atoms with E-state index in [1.807, 2.05) is 42.5 Å². The lowest BCUT2D eigenvalue weighted by Crippen LogP contribution is -2.26. The van der Waals surface area contributed by atoms with Crippen molar-refractivity contribution in [1.29, 1.82) is 5.26 Å². The zero-order chi connectivity index (χ0) is 18.0. The summed E-state index contributed by atoms with van der Waals surface area (Å²) in [4.78, 5) is 13.4. The van der Waals surface area contributed by atoms with E-state index in [-0.39, 0.29) is 17.9 Å². The maximum atomic E-state index is 11.2. The van der Waals surface area contributed by atoms with Gasteiger partial charge in [-0.05, 0) is 36.2 Å². The third kappa shape index (κ3) is 3.03. The lowest BCUT2D eigenvalue weighted by molar-refractivity contribution is -0.114. The first-order chi connectivity index (χ1) is 12.1. The quantitative estimate of drug-likeness (QED) is 0.922. The summed E-state index contributed by atoms with van der Waals surface area (Å²) in [5.74, 6) is 0.446. The van der Waals surface area contributed by atoms with Gasteiger partial charge in [-0.1, -0.05) is 18.2 Å². The van der Waals surface area contributed by atoms with E-state index >= 15 is 0 Å². The molecule has 0 aromatic heterocycles. The molecule has 0 radical (unpaired) electrons. The molecule has 5 nitrogen and oxygen atoms in total. The van der Waals surface area contributed by atoms with Gasteiger partial charge in [0.15, 0.2) is 0 Å². The summed E-state index contributed by atoms with van der Waals surface area (Å²) in [5.41, 5.74) is 3.88. The van der Waals surface area contributed by atoms with Gasteiger partial charge >= 0.3 is 0 Å². The Bertz CT molecular complexity index is 824. The molecule has 2 aromatic rings. The van der Waals surface area contributed by atoms with Gasteiger partial charge in [0.2, 0.25) is 5.91 Å². The number of methoxy groups -OCH3 is 1. The molecule has 5 heteroatoms. The number of amides is 1. The third-order valence-electron chi connectivity index (χ3n) is 4.59. The number of rotatable bonds is 4. The predicted octanol–water partition coefficient (Wildman–Crippen LogP) is 3.84. The van der Waals surface area contributed by atoms with Crippen LogP contribution in [-0.2, 0) is 4.79 Å². The standard InChI is InChI=1S/C20H21N3O2/c1-4-23-19-11-16(25-3)9-10-17(19)18(12-21)20(23)14-5-7-15(8-6-14)22-13(2)24/h5-11,18,20H,4H2,1-3H3,(H,22,24). The molecule has 3 rings (SSSR count). The topological polar surface area (TPSA) is 65.4 Å². The fraction of sp³-hybridized carbons (Fsp3) is 0.300. The van der Waals surface area contributed by atoms with E-state index in [1.54, 1.807) is 7.11 Å². The molecule has 25 heavy (non-hydrogen) atoms. The van der Waals surface area contributed by atoms with E-state index in [1.165, 1.54) is 6.92 Å². The lowest BCUT2D eigenvalue weighted by atomic mass is 9.91. The van der Waals surface area contributed by atoms with Gasteiger partial charge in [-0.25, -0.2) is 0 Å². The Morgan fingerprint density at radius 1 is 1.28 bits per heavy atom. The molecule has 128 valence electrons. The van der Waals surface area contributed by atoms with Crippen LogP contribution in [0, 0.1) is 11.3 Å². The SMILES string of the molecule is CCN1c2cc(OC)ccc2C(C#N)C1c1ccc(NC(C)=O)cc1. The van der Waals surface area contributed by atoms with Crippen molar-refractivity contribution in [2.24, 2.45) is 0 Å². The predicted molar refractivity (Wildman–Crippen MR) is 97.9 cm³/mol. The van der Waals surface area contributed by atoms with Gasteiger partial charge in [0.05, 0.1) is 25.1 Å². The second-order valence-electron chi connectivity index (χ2n) is 6.07. The van der Waals surface area contributed by atoms with Crippen molar-refractivity contribution in [3.05, 3.63) is 53.6 Å². The lowest BCUT2D eigenvalue weighted by Gasteiger charge is -2.28. The van der Waals surface area contributed by atoms with Crippen molar-refractivity contribution in [2.45, 2.75) is 25.8 Å². The van der Waals surface area contributed by atoms with Crippen molar-refractivity contribution in [2.75, 3.05) is 23.9 Å². The van der Waals surface area contributed by atoms with E-state index in [2.05, 4.69) is 23.2 Å². The second-order valence-corrected chi connectivity index (χ2v) is 6.07. The number of nitrogens with zero attached hydrogens (tertiary/aromatic N) is 2. The molecule has 0 fully saturated rings. The Morgan fingerprint density at radius 2 is 2.00 bits per heavy atom. The first-order valence-electron chi connectivity index (χ1n) is 8.30. The third-order valence-corrected chi connectivity index (χ3v) is 4.59. The van der Waals surface area contributed by atoms with Gasteiger partial charge in [-0.15, -0.1) is 0 Å². The molecule has 2 aromatic carbocycles. The molecule has 2 unspecified atom stereocenters. The summed E-state index contributed by atoms with van der Waals surface area (Å²) >= 11 is 0. The van der Waals surface area contributed by atoms with E-state index < -0.39 is 0 Å². The summed E-state index contributed by atoms with van der Waals surface area (Å²) in [7, 11) is 1.65. The Kier molecular flexibility index (Phi) is 4.62. The van der Waals surface area contributed by atoms with Gasteiger partial charge < -0.3 is 15.0 Å². The van der Waals surface area contributed by atoms with Crippen LogP contribution in [0.3, 0.4) is 0 Å². The summed E-state index contributed by atoms with van der Waals surface area (Å²) < 4.78 is 5.35. The molecule has 1 N–H and O–H groups in total. The highest BCUT2D eigenvalue weighted by Crippen LogP contribution is 2.49. The van der Waals surface area contributed by atoms with Crippen LogP contribution in [0.4, 0.5) is 11.4 Å². The van der Waals surface area contributed by atoms with Crippen LogP contribution in [0.1, 0.15) is 36.9 Å². The molecule has 0 saturated carbocycles. The van der Waals surface area contributed by atoms with Gasteiger partial charge in [-0.3, -0.25) is 4.79 Å². The van der Waals surface area contributed by atoms with Crippen molar-refractivity contribution >= 4 is 17.3 Å². The first kappa shape index (κ1) is 16.8. The van der Waals surface area contributed by atoms with Gasteiger partial charge in [-0.2, -0.15) is 5.26 Å². The molecule has 2 atom stereocenters. The second kappa shape index (κ2) is 6.86. The number of anilines is 2. The average molecular weight is 335 g/mol. The number of fused-ring (bicyclic) bond motifs is 1. The number of carbonyl (C=O) groups excluding carboxylic acids is 1. The minimum absolute atomic E-state index is 0.0523. The summed E-state index contributed by atoms with van der Waals surface area (Å²) in [6.45, 7) is 4.36. The molecular weight excluding hydrogens is 314 g/mol. The highest BCUT2D eigenvalue weighted by atomic mass is 16.5. The number of nitrogens with one attached hydrogen (secondary N) is 1. The number of benzene rings is 2. The number of nitriles is 1. The number of hydrogen-bond acceptors (Lipinski definition) is 4. The van der Waals surface area contributed by atoms with E-state index in [9.17, 15) is 10.1 Å². The molecule has 1 aliphatic rings. The number of carbonyl (C=O) groups is 1. The summed E-state index contributed by atoms with van der Waals surface area (Å²) in [6, 6.07) is 16.0. The molecule has 1 amide bonds. The van der Waals surface area contributed by atoms with E-state index in [0.29, 0.717) is 0 Å². The van der Waals surface area contributed by atoms with Gasteiger partial charge in [0, 0.05) is 30.9 Å². The Labute approximate surface area is 147 Å². The largest absolute Gasteiger partial charge is 0.497 e. The normalized spacial score (nSPS) is 18.4. The first-order valence-corrected chi connectivity index (χ1v) is 8.30. The number of ether oxygens (including phenoxy) is 1. The van der Waals surface area contributed by atoms with E-state index in [0.717, 1.165) is 34.8 Å². The Hall–Kier alpha value is -3.00.